The molecule has 3 aromatic rings. The monoisotopic (exact) mass is 470 g/mol. The number of anilines is 1. The minimum Gasteiger partial charge on any atom is -0.378 e. The maximum Gasteiger partial charge on any atom is 0.290 e. The van der Waals surface area contributed by atoms with E-state index >= 15 is 0 Å². The minimum absolute atomic E-state index is 0.182. The summed E-state index contributed by atoms with van der Waals surface area (Å²) in [6, 6.07) is 4.01. The van der Waals surface area contributed by atoms with Crippen LogP contribution in [0.3, 0.4) is 0 Å². The minimum atomic E-state index is -0.336. The van der Waals surface area contributed by atoms with E-state index < -0.39 is 0 Å². The van der Waals surface area contributed by atoms with Gasteiger partial charge in [0.15, 0.2) is 6.23 Å². The summed E-state index contributed by atoms with van der Waals surface area (Å²) in [5, 5.41) is 4.57. The number of fused-ring (bicyclic) bond motifs is 1. The van der Waals surface area contributed by atoms with Gasteiger partial charge in [0.25, 0.3) is 5.56 Å². The van der Waals surface area contributed by atoms with Crippen molar-refractivity contribution in [3.05, 3.63) is 68.9 Å². The zero-order valence-corrected chi connectivity index (χ0v) is 19.4. The molecule has 0 spiro atoms. The summed E-state index contributed by atoms with van der Waals surface area (Å²) >= 11 is 6.52. The van der Waals surface area contributed by atoms with Crippen molar-refractivity contribution in [1.29, 1.82) is 0 Å². The summed E-state index contributed by atoms with van der Waals surface area (Å²) in [7, 11) is 1.67. The van der Waals surface area contributed by atoms with E-state index in [1.54, 1.807) is 19.5 Å². The van der Waals surface area contributed by atoms with Gasteiger partial charge in [-0.3, -0.25) is 9.78 Å². The van der Waals surface area contributed by atoms with E-state index in [9.17, 15) is 4.79 Å². The van der Waals surface area contributed by atoms with Crippen molar-refractivity contribution < 1.29 is 9.47 Å². The molecule has 0 amide bonds. The predicted octanol–water partition coefficient (Wildman–Crippen LogP) is 2.94. The average Bonchev–Trinajstić information content (AvgIpc) is 3.24. The fraction of sp³-hybridized carbons (Fsp3) is 0.478. The number of pyridine rings is 1. The molecule has 0 aliphatic carbocycles. The molecule has 1 unspecified atom stereocenters. The third kappa shape index (κ3) is 4.40. The highest BCUT2D eigenvalue weighted by atomic mass is 35.5. The molecule has 1 fully saturated rings. The molecule has 2 aliphatic rings. The Morgan fingerprint density at radius 2 is 2.21 bits per heavy atom. The molecule has 0 radical (unpaired) electrons. The van der Waals surface area contributed by atoms with E-state index in [1.807, 2.05) is 12.4 Å². The van der Waals surface area contributed by atoms with Crippen molar-refractivity contribution in [2.75, 3.05) is 25.2 Å². The first-order valence-corrected chi connectivity index (χ1v) is 11.6. The molecule has 3 aromatic heterocycles. The van der Waals surface area contributed by atoms with Crippen molar-refractivity contribution in [3.63, 3.8) is 0 Å². The smallest absolute Gasteiger partial charge is 0.290 e. The maximum absolute atomic E-state index is 12.9. The van der Waals surface area contributed by atoms with Gasteiger partial charge in [0.1, 0.15) is 5.02 Å². The van der Waals surface area contributed by atoms with Crippen LogP contribution in [0, 0.1) is 0 Å². The van der Waals surface area contributed by atoms with Crippen LogP contribution in [0.4, 0.5) is 5.69 Å². The number of ether oxygens (including phenoxy) is 2. The van der Waals surface area contributed by atoms with Gasteiger partial charge in [-0.2, -0.15) is 9.78 Å². The van der Waals surface area contributed by atoms with Gasteiger partial charge < -0.3 is 18.9 Å². The number of methoxy groups -OCH3 is 1. The van der Waals surface area contributed by atoms with Gasteiger partial charge in [-0.15, -0.1) is 0 Å². The lowest BCUT2D eigenvalue weighted by Gasteiger charge is -2.30. The van der Waals surface area contributed by atoms with Crippen LogP contribution < -0.4 is 10.5 Å². The van der Waals surface area contributed by atoms with Gasteiger partial charge in [-0.1, -0.05) is 17.7 Å². The van der Waals surface area contributed by atoms with Gasteiger partial charge in [0.05, 0.1) is 49.3 Å². The Labute approximate surface area is 196 Å². The van der Waals surface area contributed by atoms with Gasteiger partial charge in [-0.25, -0.2) is 4.98 Å². The molecule has 0 N–H and O–H groups in total. The van der Waals surface area contributed by atoms with Crippen LogP contribution in [0.5, 0.6) is 0 Å². The van der Waals surface area contributed by atoms with Crippen molar-refractivity contribution in [3.8, 4) is 0 Å². The predicted molar refractivity (Wildman–Crippen MR) is 123 cm³/mol. The Morgan fingerprint density at radius 1 is 1.30 bits per heavy atom. The van der Waals surface area contributed by atoms with Gasteiger partial charge in [0.2, 0.25) is 0 Å². The van der Waals surface area contributed by atoms with Gasteiger partial charge in [-0.05, 0) is 30.9 Å². The molecule has 2 aliphatic heterocycles. The molecule has 0 bridgehead atoms. The fourth-order valence-corrected chi connectivity index (χ4v) is 4.81. The molecule has 5 heterocycles. The molecular weight excluding hydrogens is 444 g/mol. The number of halogens is 1. The second kappa shape index (κ2) is 9.62. The zero-order chi connectivity index (χ0) is 22.8. The molecule has 9 nitrogen and oxygen atoms in total. The van der Waals surface area contributed by atoms with Crippen molar-refractivity contribution >= 4 is 17.3 Å². The Hall–Kier alpha value is -2.75. The van der Waals surface area contributed by atoms with Crippen LogP contribution in [0.1, 0.15) is 48.1 Å². The second-order valence-electron chi connectivity index (χ2n) is 8.39. The highest BCUT2D eigenvalue weighted by Gasteiger charge is 2.26. The van der Waals surface area contributed by atoms with Crippen molar-refractivity contribution in [2.45, 2.75) is 51.6 Å². The highest BCUT2D eigenvalue weighted by Crippen LogP contribution is 2.29. The average molecular weight is 471 g/mol. The SMILES string of the molecule is COCc1ncccc1Cn1cnc2c1CCN(c1cnn(C3CCCCO3)c(=O)c1Cl)C2. The Kier molecular flexibility index (Phi) is 6.43. The van der Waals surface area contributed by atoms with Crippen molar-refractivity contribution in [2.24, 2.45) is 0 Å². The van der Waals surface area contributed by atoms with Gasteiger partial charge in [0, 0.05) is 38.6 Å². The lowest BCUT2D eigenvalue weighted by atomic mass is 10.1. The second-order valence-corrected chi connectivity index (χ2v) is 8.77. The lowest BCUT2D eigenvalue weighted by Crippen LogP contribution is -2.36. The number of aromatic nitrogens is 5. The Balaban J connectivity index is 1.35. The third-order valence-corrected chi connectivity index (χ3v) is 6.65. The summed E-state index contributed by atoms with van der Waals surface area (Å²) in [6.07, 6.45) is 8.58. The molecule has 0 saturated carbocycles. The molecule has 1 atom stereocenters. The topological polar surface area (TPSA) is 87.3 Å². The zero-order valence-electron chi connectivity index (χ0n) is 18.6. The number of imidazole rings is 1. The van der Waals surface area contributed by atoms with E-state index in [-0.39, 0.29) is 16.8 Å². The molecule has 10 heteroatoms. The Bertz CT molecular complexity index is 1190. The fourth-order valence-electron chi connectivity index (χ4n) is 4.56. The molecule has 1 saturated heterocycles. The third-order valence-electron chi connectivity index (χ3n) is 6.29. The first kappa shape index (κ1) is 22.1. The molecule has 174 valence electrons. The number of rotatable bonds is 6. The summed E-state index contributed by atoms with van der Waals surface area (Å²) in [6.45, 7) is 3.10. The van der Waals surface area contributed by atoms with E-state index in [0.717, 1.165) is 49.2 Å². The highest BCUT2D eigenvalue weighted by molar-refractivity contribution is 6.33. The summed E-state index contributed by atoms with van der Waals surface area (Å²) in [5.74, 6) is 0. The largest absolute Gasteiger partial charge is 0.378 e. The first-order chi connectivity index (χ1) is 16.2. The maximum atomic E-state index is 12.9. The number of hydrogen-bond acceptors (Lipinski definition) is 7. The van der Waals surface area contributed by atoms with E-state index in [2.05, 4.69) is 30.6 Å². The number of hydrogen-bond donors (Lipinski definition) is 0. The van der Waals surface area contributed by atoms with E-state index in [0.29, 0.717) is 32.0 Å². The number of nitrogens with zero attached hydrogens (tertiary/aromatic N) is 6. The summed E-state index contributed by atoms with van der Waals surface area (Å²) in [4.78, 5) is 24.1. The van der Waals surface area contributed by atoms with Crippen molar-refractivity contribution in [1.82, 2.24) is 24.3 Å². The van der Waals surface area contributed by atoms with Crippen LogP contribution in [-0.4, -0.2) is 44.6 Å². The Morgan fingerprint density at radius 3 is 3.03 bits per heavy atom. The van der Waals surface area contributed by atoms with Crippen LogP contribution >= 0.6 is 11.6 Å². The summed E-state index contributed by atoms with van der Waals surface area (Å²) in [5.41, 5.74) is 4.55. The molecule has 33 heavy (non-hydrogen) atoms. The molecule has 5 rings (SSSR count). The molecular formula is C23H27ClN6O3. The van der Waals surface area contributed by atoms with Crippen LogP contribution in [0.25, 0.3) is 0 Å². The first-order valence-electron chi connectivity index (χ1n) is 11.2. The van der Waals surface area contributed by atoms with Crippen LogP contribution in [0.15, 0.2) is 35.6 Å². The van der Waals surface area contributed by atoms with E-state index in [1.165, 1.54) is 10.4 Å². The molecule has 0 aromatic carbocycles. The lowest BCUT2D eigenvalue weighted by molar-refractivity contribution is -0.0424. The van der Waals surface area contributed by atoms with Gasteiger partial charge >= 0.3 is 0 Å². The summed E-state index contributed by atoms with van der Waals surface area (Å²) < 4.78 is 14.5. The quantitative estimate of drug-likeness (QED) is 0.547. The van der Waals surface area contributed by atoms with E-state index in [4.69, 9.17) is 21.1 Å². The normalized spacial score (nSPS) is 18.4. The van der Waals surface area contributed by atoms with Crippen LogP contribution in [0.2, 0.25) is 5.02 Å². The standard InChI is InChI=1S/C23H27ClN6O3/c1-32-14-18-16(5-4-8-25-18)12-29-15-26-17-13-28(9-7-19(17)29)20-11-27-30(23(31)22(20)24)21-6-2-3-10-33-21/h4-5,8,11,15,21H,2-3,6-7,9-10,12-14H2,1H3. The van der Waals surface area contributed by atoms with Crippen LogP contribution in [-0.2, 0) is 35.6 Å².